The fourth-order valence-corrected chi connectivity index (χ4v) is 3.11. The van der Waals surface area contributed by atoms with Crippen LogP contribution >= 0.6 is 0 Å². The standard InChI is InChI=1S/C15H31N2O.CH4O4S/c1-5-6-7-8-9-15(2,3)14-16(4)10-11-17(14)12-13-18;1-5-6(2,3)4/h18H,5-13H2,1-4H3;1H3,(H,2,3,4)/q+1;/p-1. The molecule has 8 heteroatoms. The number of aliphatic hydroxyl groups is 1. The van der Waals surface area contributed by atoms with E-state index < -0.39 is 10.4 Å². The van der Waals surface area contributed by atoms with E-state index in [9.17, 15) is 13.0 Å². The minimum Gasteiger partial charge on any atom is -0.726 e. The molecule has 0 aromatic rings. The highest BCUT2D eigenvalue weighted by molar-refractivity contribution is 7.80. The summed E-state index contributed by atoms with van der Waals surface area (Å²) in [5.74, 6) is 1.42. The fourth-order valence-electron chi connectivity index (χ4n) is 3.11. The van der Waals surface area contributed by atoms with Crippen molar-refractivity contribution >= 4 is 16.2 Å². The van der Waals surface area contributed by atoms with Gasteiger partial charge >= 0.3 is 0 Å². The molecule has 1 aliphatic rings. The molecular weight excluding hydrogens is 332 g/mol. The minimum absolute atomic E-state index is 0.230. The van der Waals surface area contributed by atoms with Crippen molar-refractivity contribution in [1.82, 2.24) is 4.90 Å². The third-order valence-corrected chi connectivity index (χ3v) is 4.61. The fraction of sp³-hybridized carbons (Fsp3) is 0.938. The van der Waals surface area contributed by atoms with Crippen LogP contribution in [0.4, 0.5) is 0 Å². The second kappa shape index (κ2) is 11.0. The molecule has 0 atom stereocenters. The Bertz CT molecular complexity index is 489. The first-order chi connectivity index (χ1) is 11.1. The number of nitrogens with zero attached hydrogens (tertiary/aromatic N) is 2. The molecule has 0 spiro atoms. The van der Waals surface area contributed by atoms with Crippen LogP contribution < -0.4 is 0 Å². The van der Waals surface area contributed by atoms with E-state index in [2.05, 4.69) is 41.5 Å². The van der Waals surface area contributed by atoms with Crippen LogP contribution in [-0.4, -0.2) is 73.8 Å². The van der Waals surface area contributed by atoms with Gasteiger partial charge in [-0.25, -0.2) is 8.42 Å². The Morgan fingerprint density at radius 1 is 1.33 bits per heavy atom. The molecule has 24 heavy (non-hydrogen) atoms. The topological polar surface area (TPSA) is 92.9 Å². The number of amidine groups is 1. The van der Waals surface area contributed by atoms with Crippen LogP contribution in [0.5, 0.6) is 0 Å². The Kier molecular flexibility index (Phi) is 10.7. The van der Waals surface area contributed by atoms with Crippen molar-refractivity contribution in [2.45, 2.75) is 52.9 Å². The molecule has 0 amide bonds. The average Bonchev–Trinajstić information content (AvgIpc) is 2.86. The third kappa shape index (κ3) is 8.96. The third-order valence-electron chi connectivity index (χ3n) is 4.20. The van der Waals surface area contributed by atoms with E-state index in [-0.39, 0.29) is 12.0 Å². The number of unbranched alkanes of at least 4 members (excludes halogenated alkanes) is 3. The molecule has 0 aliphatic carbocycles. The van der Waals surface area contributed by atoms with Crippen molar-refractivity contribution in [3.05, 3.63) is 0 Å². The van der Waals surface area contributed by atoms with Gasteiger partial charge in [0, 0.05) is 0 Å². The van der Waals surface area contributed by atoms with Crippen LogP contribution in [-0.2, 0) is 14.6 Å². The number of hydrogen-bond acceptors (Lipinski definition) is 6. The lowest BCUT2D eigenvalue weighted by Crippen LogP contribution is -2.42. The molecule has 0 unspecified atom stereocenters. The van der Waals surface area contributed by atoms with Crippen LogP contribution in [0.2, 0.25) is 0 Å². The summed E-state index contributed by atoms with van der Waals surface area (Å²) >= 11 is 0. The van der Waals surface area contributed by atoms with Crippen molar-refractivity contribution in [1.29, 1.82) is 0 Å². The van der Waals surface area contributed by atoms with E-state index in [0.717, 1.165) is 26.7 Å². The number of rotatable bonds is 9. The lowest BCUT2D eigenvalue weighted by molar-refractivity contribution is -0.490. The van der Waals surface area contributed by atoms with Crippen molar-refractivity contribution in [2.24, 2.45) is 5.41 Å². The van der Waals surface area contributed by atoms with Gasteiger partial charge in [0.1, 0.15) is 19.6 Å². The SMILES string of the molecule is CCCCCCC(C)(C)C1=[N+](C)CCN1CCO.COS(=O)(=O)[O-]. The first-order valence-corrected chi connectivity index (χ1v) is 9.88. The van der Waals surface area contributed by atoms with Crippen LogP contribution in [0.25, 0.3) is 0 Å². The predicted molar refractivity (Wildman–Crippen MR) is 94.0 cm³/mol. The molecule has 0 radical (unpaired) electrons. The second-order valence-electron chi connectivity index (χ2n) is 6.73. The lowest BCUT2D eigenvalue weighted by Gasteiger charge is -2.27. The number of aliphatic hydroxyl groups excluding tert-OH is 1. The normalized spacial score (nSPS) is 15.5. The molecule has 1 aliphatic heterocycles. The molecule has 1 N–H and O–H groups in total. The van der Waals surface area contributed by atoms with Gasteiger partial charge in [-0.2, -0.15) is 0 Å². The Labute approximate surface area is 147 Å². The van der Waals surface area contributed by atoms with Gasteiger partial charge in [-0.15, -0.1) is 0 Å². The monoisotopic (exact) mass is 366 g/mol. The quantitative estimate of drug-likeness (QED) is 0.287. The van der Waals surface area contributed by atoms with E-state index in [1.165, 1.54) is 37.9 Å². The molecule has 1 heterocycles. The Morgan fingerprint density at radius 3 is 2.38 bits per heavy atom. The molecule has 1 rings (SSSR count). The smallest absolute Gasteiger partial charge is 0.252 e. The first-order valence-electron chi connectivity index (χ1n) is 8.54. The molecule has 0 fully saturated rings. The van der Waals surface area contributed by atoms with E-state index in [1.807, 2.05) is 0 Å². The zero-order valence-electron chi connectivity index (χ0n) is 15.7. The average molecular weight is 367 g/mol. The Morgan fingerprint density at radius 2 is 1.92 bits per heavy atom. The summed E-state index contributed by atoms with van der Waals surface area (Å²) in [7, 11) is -1.42. The second-order valence-corrected chi connectivity index (χ2v) is 7.88. The molecule has 0 saturated carbocycles. The Balaban J connectivity index is 0.000000754. The van der Waals surface area contributed by atoms with Crippen molar-refractivity contribution in [3.8, 4) is 0 Å². The summed E-state index contributed by atoms with van der Waals surface area (Å²) in [6.45, 7) is 10.1. The molecule has 7 nitrogen and oxygen atoms in total. The van der Waals surface area contributed by atoms with Gasteiger partial charge in [0.25, 0.3) is 5.84 Å². The van der Waals surface area contributed by atoms with Gasteiger partial charge in [-0.1, -0.05) is 32.6 Å². The minimum atomic E-state index is -4.41. The van der Waals surface area contributed by atoms with Gasteiger partial charge in [-0.05, 0) is 20.3 Å². The maximum Gasteiger partial charge on any atom is 0.252 e. The number of hydrogen-bond donors (Lipinski definition) is 1. The van der Waals surface area contributed by atoms with E-state index >= 15 is 0 Å². The summed E-state index contributed by atoms with van der Waals surface area (Å²) in [6, 6.07) is 0. The number of likely N-dealkylation sites (N-methyl/N-ethyl adjacent to an activating group) is 1. The Hall–Kier alpha value is -0.700. The highest BCUT2D eigenvalue weighted by Crippen LogP contribution is 2.29. The largest absolute Gasteiger partial charge is 0.726 e. The zero-order valence-corrected chi connectivity index (χ0v) is 16.6. The summed E-state index contributed by atoms with van der Waals surface area (Å²) in [4.78, 5) is 2.36. The molecular formula is C16H34N2O5S. The zero-order chi connectivity index (χ0) is 18.8. The summed E-state index contributed by atoms with van der Waals surface area (Å²) in [5.41, 5.74) is 0.230. The van der Waals surface area contributed by atoms with Crippen LogP contribution in [0, 0.1) is 5.41 Å². The molecule has 0 saturated heterocycles. The van der Waals surface area contributed by atoms with E-state index in [1.54, 1.807) is 0 Å². The molecule has 0 bridgehead atoms. The van der Waals surface area contributed by atoms with Crippen molar-refractivity contribution in [2.75, 3.05) is 40.4 Å². The maximum atomic E-state index is 9.22. The van der Waals surface area contributed by atoms with Gasteiger partial charge < -0.3 is 9.66 Å². The van der Waals surface area contributed by atoms with Gasteiger partial charge in [0.05, 0.1) is 26.2 Å². The van der Waals surface area contributed by atoms with Crippen LogP contribution in [0.3, 0.4) is 0 Å². The first kappa shape index (κ1) is 23.3. The predicted octanol–water partition coefficient (Wildman–Crippen LogP) is 1.42. The molecule has 0 aromatic heterocycles. The highest BCUT2D eigenvalue weighted by Gasteiger charge is 2.40. The van der Waals surface area contributed by atoms with Crippen molar-refractivity contribution in [3.63, 3.8) is 0 Å². The van der Waals surface area contributed by atoms with Gasteiger partial charge in [0.15, 0.2) is 0 Å². The van der Waals surface area contributed by atoms with Crippen LogP contribution in [0.15, 0.2) is 0 Å². The molecule has 144 valence electrons. The van der Waals surface area contributed by atoms with E-state index in [0.29, 0.717) is 0 Å². The maximum absolute atomic E-state index is 9.22. The lowest BCUT2D eigenvalue weighted by atomic mass is 9.84. The molecule has 0 aromatic carbocycles. The van der Waals surface area contributed by atoms with E-state index in [4.69, 9.17) is 5.11 Å². The van der Waals surface area contributed by atoms with Gasteiger partial charge in [-0.3, -0.25) is 13.7 Å². The number of β-amino-alcohol motifs (C(OH)–C–C–N with tert-alkyl or cyclic N) is 1. The summed E-state index contributed by atoms with van der Waals surface area (Å²) in [5, 5.41) is 9.17. The van der Waals surface area contributed by atoms with Crippen LogP contribution in [0.1, 0.15) is 52.9 Å². The highest BCUT2D eigenvalue weighted by atomic mass is 32.3. The van der Waals surface area contributed by atoms with Crippen molar-refractivity contribution < 1.29 is 26.8 Å². The van der Waals surface area contributed by atoms with Gasteiger partial charge in [0.2, 0.25) is 10.4 Å². The summed E-state index contributed by atoms with van der Waals surface area (Å²) in [6.07, 6.45) is 6.55. The summed E-state index contributed by atoms with van der Waals surface area (Å²) < 4.78 is 33.4.